The van der Waals surface area contributed by atoms with Gasteiger partial charge in [0.25, 0.3) is 0 Å². The molecule has 3 heteroatoms. The maximum absolute atomic E-state index is 11.8. The minimum Gasteiger partial charge on any atom is -0.353 e. The van der Waals surface area contributed by atoms with E-state index >= 15 is 0 Å². The summed E-state index contributed by atoms with van der Waals surface area (Å²) in [5, 5.41) is 6.38. The van der Waals surface area contributed by atoms with Gasteiger partial charge in [0.1, 0.15) is 0 Å². The Kier molecular flexibility index (Phi) is 2.30. The van der Waals surface area contributed by atoms with Gasteiger partial charge in [-0.3, -0.25) is 4.79 Å². The molecule has 0 aromatic heterocycles. The van der Waals surface area contributed by atoms with Crippen LogP contribution in [0.4, 0.5) is 0 Å². The number of rotatable bonds is 0. The number of hydrogen-bond acceptors (Lipinski definition) is 2. The average molecular weight is 196 g/mol. The van der Waals surface area contributed by atoms with Crippen molar-refractivity contribution in [1.82, 2.24) is 10.6 Å². The Hall–Kier alpha value is -0.570. The van der Waals surface area contributed by atoms with Gasteiger partial charge in [-0.25, -0.2) is 0 Å². The van der Waals surface area contributed by atoms with Crippen molar-refractivity contribution in [2.24, 2.45) is 5.41 Å². The third kappa shape index (κ3) is 1.65. The molecule has 1 amide bonds. The second-order valence-corrected chi connectivity index (χ2v) is 5.43. The fourth-order valence-corrected chi connectivity index (χ4v) is 2.48. The summed E-state index contributed by atoms with van der Waals surface area (Å²) in [5.41, 5.74) is 0.193. The second-order valence-electron chi connectivity index (χ2n) is 5.43. The molecule has 14 heavy (non-hydrogen) atoms. The highest BCUT2D eigenvalue weighted by molar-refractivity contribution is 5.87. The molecule has 1 spiro atoms. The first-order chi connectivity index (χ1) is 6.54. The van der Waals surface area contributed by atoms with E-state index in [-0.39, 0.29) is 11.4 Å². The van der Waals surface area contributed by atoms with Gasteiger partial charge in [0.05, 0.1) is 5.54 Å². The van der Waals surface area contributed by atoms with E-state index in [0.29, 0.717) is 5.41 Å². The highest BCUT2D eigenvalue weighted by Crippen LogP contribution is 2.40. The van der Waals surface area contributed by atoms with Crippen molar-refractivity contribution in [1.29, 1.82) is 0 Å². The van der Waals surface area contributed by atoms with Crippen molar-refractivity contribution in [2.45, 2.75) is 45.1 Å². The Bertz CT molecular complexity index is 238. The van der Waals surface area contributed by atoms with Crippen LogP contribution in [0.5, 0.6) is 0 Å². The molecule has 2 rings (SSSR count). The monoisotopic (exact) mass is 196 g/mol. The zero-order valence-electron chi connectivity index (χ0n) is 9.15. The first-order valence-electron chi connectivity index (χ1n) is 5.58. The second kappa shape index (κ2) is 3.23. The molecule has 0 atom stereocenters. The van der Waals surface area contributed by atoms with Crippen LogP contribution in [0.15, 0.2) is 0 Å². The molecule has 0 unspecified atom stereocenters. The van der Waals surface area contributed by atoms with Gasteiger partial charge in [0.2, 0.25) is 5.91 Å². The van der Waals surface area contributed by atoms with Crippen LogP contribution in [0.25, 0.3) is 0 Å². The van der Waals surface area contributed by atoms with Crippen LogP contribution in [0, 0.1) is 5.41 Å². The van der Waals surface area contributed by atoms with Crippen molar-refractivity contribution >= 4 is 5.91 Å². The van der Waals surface area contributed by atoms with Crippen LogP contribution in [0.2, 0.25) is 0 Å². The summed E-state index contributed by atoms with van der Waals surface area (Å²) >= 11 is 0. The zero-order chi connectivity index (χ0) is 10.2. The lowest BCUT2D eigenvalue weighted by Gasteiger charge is -2.45. The summed E-state index contributed by atoms with van der Waals surface area (Å²) < 4.78 is 0. The quantitative estimate of drug-likeness (QED) is 0.608. The van der Waals surface area contributed by atoms with E-state index in [2.05, 4.69) is 24.5 Å². The molecule has 1 aliphatic carbocycles. The van der Waals surface area contributed by atoms with E-state index < -0.39 is 0 Å². The summed E-state index contributed by atoms with van der Waals surface area (Å²) in [6.07, 6.45) is 4.28. The Labute approximate surface area is 85.6 Å². The first-order valence-corrected chi connectivity index (χ1v) is 5.58. The topological polar surface area (TPSA) is 41.1 Å². The summed E-state index contributed by atoms with van der Waals surface area (Å²) in [6.45, 7) is 6.29. The van der Waals surface area contributed by atoms with E-state index in [1.807, 2.05) is 0 Å². The van der Waals surface area contributed by atoms with E-state index in [1.165, 1.54) is 0 Å². The number of carbonyl (C=O) groups is 1. The summed E-state index contributed by atoms with van der Waals surface area (Å²) in [7, 11) is 0. The maximum atomic E-state index is 11.8. The van der Waals surface area contributed by atoms with Crippen LogP contribution in [0.1, 0.15) is 39.5 Å². The van der Waals surface area contributed by atoms with Gasteiger partial charge in [-0.15, -0.1) is 0 Å². The Morgan fingerprint density at radius 2 is 1.71 bits per heavy atom. The Morgan fingerprint density at radius 1 is 1.07 bits per heavy atom. The molecule has 2 fully saturated rings. The largest absolute Gasteiger partial charge is 0.353 e. The molecular weight excluding hydrogens is 176 g/mol. The lowest BCUT2D eigenvalue weighted by molar-refractivity contribution is -0.131. The summed E-state index contributed by atoms with van der Waals surface area (Å²) in [5.74, 6) is 0.222. The lowest BCUT2D eigenvalue weighted by Crippen LogP contribution is -2.64. The van der Waals surface area contributed by atoms with E-state index in [0.717, 1.165) is 38.8 Å². The van der Waals surface area contributed by atoms with Crippen LogP contribution in [0.3, 0.4) is 0 Å². The van der Waals surface area contributed by atoms with Crippen LogP contribution < -0.4 is 10.6 Å². The predicted molar refractivity (Wildman–Crippen MR) is 56.0 cm³/mol. The molecule has 0 radical (unpaired) electrons. The average Bonchev–Trinajstić information content (AvgIpc) is 2.15. The van der Waals surface area contributed by atoms with Crippen molar-refractivity contribution in [2.75, 3.05) is 13.1 Å². The summed E-state index contributed by atoms with van der Waals surface area (Å²) in [6, 6.07) is 0. The molecule has 1 saturated carbocycles. The van der Waals surface area contributed by atoms with Gasteiger partial charge in [-0.2, -0.15) is 0 Å². The molecule has 0 aromatic rings. The third-order valence-electron chi connectivity index (χ3n) is 3.77. The van der Waals surface area contributed by atoms with Gasteiger partial charge in [0, 0.05) is 13.1 Å². The molecule has 2 N–H and O–H groups in total. The highest BCUT2D eigenvalue weighted by Gasteiger charge is 2.44. The normalized spacial score (nSPS) is 30.0. The van der Waals surface area contributed by atoms with Gasteiger partial charge in [-0.05, 0) is 31.1 Å². The molecular formula is C11H20N2O. The maximum Gasteiger partial charge on any atom is 0.240 e. The van der Waals surface area contributed by atoms with E-state index in [9.17, 15) is 4.79 Å². The van der Waals surface area contributed by atoms with Crippen molar-refractivity contribution < 1.29 is 4.79 Å². The SMILES string of the molecule is CC1(C)CCC2(CC1)NCCNC2=O. The standard InChI is InChI=1S/C11H20N2O/c1-10(2)3-5-11(6-4-10)9(14)12-7-8-13-11/h13H,3-8H2,1-2H3,(H,12,14). The summed E-state index contributed by atoms with van der Waals surface area (Å²) in [4.78, 5) is 11.8. The van der Waals surface area contributed by atoms with E-state index in [4.69, 9.17) is 0 Å². The zero-order valence-corrected chi connectivity index (χ0v) is 9.15. The fraction of sp³-hybridized carbons (Fsp3) is 0.909. The highest BCUT2D eigenvalue weighted by atomic mass is 16.2. The van der Waals surface area contributed by atoms with Crippen molar-refractivity contribution in [3.8, 4) is 0 Å². The van der Waals surface area contributed by atoms with E-state index in [1.54, 1.807) is 0 Å². The lowest BCUT2D eigenvalue weighted by atomic mass is 9.68. The number of carbonyl (C=O) groups excluding carboxylic acids is 1. The predicted octanol–water partition coefficient (Wildman–Crippen LogP) is 1.04. The Balaban J connectivity index is 2.07. The first kappa shape index (κ1) is 9.97. The molecule has 0 bridgehead atoms. The number of hydrogen-bond donors (Lipinski definition) is 2. The van der Waals surface area contributed by atoms with Crippen LogP contribution >= 0.6 is 0 Å². The molecule has 3 nitrogen and oxygen atoms in total. The smallest absolute Gasteiger partial charge is 0.240 e. The van der Waals surface area contributed by atoms with Crippen LogP contribution in [-0.4, -0.2) is 24.5 Å². The van der Waals surface area contributed by atoms with Gasteiger partial charge in [0.15, 0.2) is 0 Å². The molecule has 1 aliphatic heterocycles. The van der Waals surface area contributed by atoms with Gasteiger partial charge in [-0.1, -0.05) is 13.8 Å². The number of nitrogens with one attached hydrogen (secondary N) is 2. The van der Waals surface area contributed by atoms with Crippen molar-refractivity contribution in [3.05, 3.63) is 0 Å². The number of piperazine rings is 1. The minimum absolute atomic E-state index is 0.222. The number of amides is 1. The molecule has 0 aromatic carbocycles. The fourth-order valence-electron chi connectivity index (χ4n) is 2.48. The molecule has 80 valence electrons. The van der Waals surface area contributed by atoms with Gasteiger partial charge < -0.3 is 10.6 Å². The molecule has 1 heterocycles. The van der Waals surface area contributed by atoms with Crippen LogP contribution in [-0.2, 0) is 4.79 Å². The Morgan fingerprint density at radius 3 is 2.29 bits per heavy atom. The van der Waals surface area contributed by atoms with Gasteiger partial charge >= 0.3 is 0 Å². The minimum atomic E-state index is -0.228. The molecule has 2 aliphatic rings. The third-order valence-corrected chi connectivity index (χ3v) is 3.77. The van der Waals surface area contributed by atoms with Crippen molar-refractivity contribution in [3.63, 3.8) is 0 Å². The molecule has 1 saturated heterocycles.